The summed E-state index contributed by atoms with van der Waals surface area (Å²) in [5.41, 5.74) is 0.616. The number of nitrogens with zero attached hydrogens (tertiary/aromatic N) is 2. The van der Waals surface area contributed by atoms with Crippen LogP contribution in [0.3, 0.4) is 0 Å². The molecule has 1 aliphatic rings. The van der Waals surface area contributed by atoms with Crippen molar-refractivity contribution in [2.45, 2.75) is 31.1 Å². The van der Waals surface area contributed by atoms with Crippen LogP contribution in [0.25, 0.3) is 0 Å². The number of rotatable bonds is 3. The van der Waals surface area contributed by atoms with Gasteiger partial charge in [0.1, 0.15) is 0 Å². The number of alkyl halides is 1. The summed E-state index contributed by atoms with van der Waals surface area (Å²) >= 11 is 6.12. The van der Waals surface area contributed by atoms with E-state index in [1.165, 1.54) is 6.42 Å². The van der Waals surface area contributed by atoms with E-state index in [9.17, 15) is 4.79 Å². The zero-order chi connectivity index (χ0) is 12.3. The highest BCUT2D eigenvalue weighted by atomic mass is 35.5. The lowest BCUT2D eigenvalue weighted by Crippen LogP contribution is -2.31. The third-order valence-electron chi connectivity index (χ3n) is 3.24. The summed E-state index contributed by atoms with van der Waals surface area (Å²) in [5.74, 6) is 0.474. The first-order chi connectivity index (χ1) is 8.15. The number of amides is 1. The van der Waals surface area contributed by atoms with E-state index in [1.54, 1.807) is 24.1 Å². The van der Waals surface area contributed by atoms with Gasteiger partial charge in [0.2, 0.25) is 0 Å². The zero-order valence-electron chi connectivity index (χ0n) is 10.0. The van der Waals surface area contributed by atoms with Gasteiger partial charge in [-0.05, 0) is 25.2 Å². The van der Waals surface area contributed by atoms with Crippen LogP contribution in [-0.4, -0.2) is 27.6 Å². The molecule has 1 aromatic heterocycles. The molecule has 0 bridgehead atoms. The Balaban J connectivity index is 1.80. The van der Waals surface area contributed by atoms with Gasteiger partial charge in [-0.1, -0.05) is 6.42 Å². The Hall–Kier alpha value is -1.03. The van der Waals surface area contributed by atoms with Crippen LogP contribution in [0.5, 0.6) is 0 Å². The van der Waals surface area contributed by atoms with Crippen molar-refractivity contribution >= 4 is 17.5 Å². The van der Waals surface area contributed by atoms with Crippen molar-refractivity contribution in [2.24, 2.45) is 13.0 Å². The lowest BCUT2D eigenvalue weighted by Gasteiger charge is -2.25. The third kappa shape index (κ3) is 3.46. The van der Waals surface area contributed by atoms with Crippen molar-refractivity contribution in [2.75, 3.05) is 6.54 Å². The molecule has 4 nitrogen and oxygen atoms in total. The van der Waals surface area contributed by atoms with Crippen molar-refractivity contribution < 1.29 is 4.79 Å². The fraction of sp³-hybridized carbons (Fsp3) is 0.667. The molecule has 1 amide bonds. The van der Waals surface area contributed by atoms with Crippen molar-refractivity contribution in [3.05, 3.63) is 18.0 Å². The van der Waals surface area contributed by atoms with Crippen molar-refractivity contribution in [3.63, 3.8) is 0 Å². The monoisotopic (exact) mass is 255 g/mol. The number of hydrogen-bond acceptors (Lipinski definition) is 2. The minimum absolute atomic E-state index is 0.0465. The lowest BCUT2D eigenvalue weighted by molar-refractivity contribution is 0.0943. The van der Waals surface area contributed by atoms with E-state index < -0.39 is 0 Å². The minimum Gasteiger partial charge on any atom is -0.352 e. The molecule has 1 aromatic rings. The number of carbonyl (C=O) groups excluding carboxylic acids is 1. The first-order valence-corrected chi connectivity index (χ1v) is 6.49. The Bertz CT molecular complexity index is 391. The molecular formula is C12H18ClN3O. The zero-order valence-corrected chi connectivity index (χ0v) is 10.8. The molecular weight excluding hydrogens is 238 g/mol. The quantitative estimate of drug-likeness (QED) is 0.840. The first kappa shape index (κ1) is 12.4. The number of aromatic nitrogens is 2. The maximum Gasteiger partial charge on any atom is 0.254 e. The Morgan fingerprint density at radius 2 is 2.47 bits per heavy atom. The van der Waals surface area contributed by atoms with Crippen LogP contribution in [0.1, 0.15) is 36.0 Å². The van der Waals surface area contributed by atoms with Crippen LogP contribution in [0.4, 0.5) is 0 Å². The summed E-state index contributed by atoms with van der Waals surface area (Å²) in [6.07, 6.45) is 7.75. The summed E-state index contributed by atoms with van der Waals surface area (Å²) in [7, 11) is 1.80. The van der Waals surface area contributed by atoms with Gasteiger partial charge in [-0.15, -0.1) is 11.6 Å². The van der Waals surface area contributed by atoms with Gasteiger partial charge in [-0.25, -0.2) is 0 Å². The van der Waals surface area contributed by atoms with Gasteiger partial charge in [-0.3, -0.25) is 9.48 Å². The van der Waals surface area contributed by atoms with Crippen LogP contribution < -0.4 is 5.32 Å². The topological polar surface area (TPSA) is 46.9 Å². The molecule has 1 fully saturated rings. The second-order valence-corrected chi connectivity index (χ2v) is 5.36. The molecule has 0 spiro atoms. The molecule has 0 saturated heterocycles. The van der Waals surface area contributed by atoms with Crippen LogP contribution in [-0.2, 0) is 7.05 Å². The van der Waals surface area contributed by atoms with Crippen molar-refractivity contribution in [3.8, 4) is 0 Å². The molecule has 1 saturated carbocycles. The number of nitrogens with one attached hydrogen (secondary N) is 1. The van der Waals surface area contributed by atoms with Gasteiger partial charge in [-0.2, -0.15) is 5.10 Å². The molecule has 0 radical (unpaired) electrons. The Labute approximate surface area is 106 Å². The van der Waals surface area contributed by atoms with Gasteiger partial charge in [0, 0.05) is 25.2 Å². The van der Waals surface area contributed by atoms with E-state index in [0.29, 0.717) is 11.5 Å². The largest absolute Gasteiger partial charge is 0.352 e. The van der Waals surface area contributed by atoms with Gasteiger partial charge in [0.25, 0.3) is 5.91 Å². The van der Waals surface area contributed by atoms with Crippen LogP contribution >= 0.6 is 11.6 Å². The average Bonchev–Trinajstić information content (AvgIpc) is 2.73. The number of aryl methyl sites for hydroxylation is 1. The second-order valence-electron chi connectivity index (χ2n) is 4.74. The molecule has 1 heterocycles. The van der Waals surface area contributed by atoms with Gasteiger partial charge in [0.15, 0.2) is 0 Å². The minimum atomic E-state index is -0.0465. The maximum absolute atomic E-state index is 11.8. The van der Waals surface area contributed by atoms with E-state index >= 15 is 0 Å². The summed E-state index contributed by atoms with van der Waals surface area (Å²) in [6, 6.07) is 0. The molecule has 94 valence electrons. The first-order valence-electron chi connectivity index (χ1n) is 6.06. The molecule has 0 aliphatic heterocycles. The smallest absolute Gasteiger partial charge is 0.254 e. The second kappa shape index (κ2) is 5.54. The van der Waals surface area contributed by atoms with E-state index in [-0.39, 0.29) is 11.3 Å². The predicted octanol–water partition coefficient (Wildman–Crippen LogP) is 1.95. The third-order valence-corrected chi connectivity index (χ3v) is 3.63. The molecule has 0 aromatic carbocycles. The van der Waals surface area contributed by atoms with E-state index in [4.69, 9.17) is 11.6 Å². The standard InChI is InChI=1S/C12H18ClN3O/c1-16-8-10(7-15-16)12(17)14-6-9-3-2-4-11(13)5-9/h7-9,11H,2-6H2,1H3,(H,14,17). The molecule has 1 aliphatic carbocycles. The van der Waals surface area contributed by atoms with E-state index in [1.807, 2.05) is 0 Å². The number of hydrogen-bond donors (Lipinski definition) is 1. The number of halogens is 1. The molecule has 2 atom stereocenters. The summed E-state index contributed by atoms with van der Waals surface area (Å²) < 4.78 is 1.63. The highest BCUT2D eigenvalue weighted by Gasteiger charge is 2.20. The average molecular weight is 256 g/mol. The lowest BCUT2D eigenvalue weighted by atomic mass is 9.89. The van der Waals surface area contributed by atoms with Crippen molar-refractivity contribution in [1.29, 1.82) is 0 Å². The van der Waals surface area contributed by atoms with Crippen molar-refractivity contribution in [1.82, 2.24) is 15.1 Å². The Kier molecular flexibility index (Phi) is 4.05. The summed E-state index contributed by atoms with van der Waals surface area (Å²) in [6.45, 7) is 0.719. The van der Waals surface area contributed by atoms with E-state index in [2.05, 4.69) is 10.4 Å². The van der Waals surface area contributed by atoms with Crippen LogP contribution in [0.2, 0.25) is 0 Å². The van der Waals surface area contributed by atoms with Gasteiger partial charge < -0.3 is 5.32 Å². The van der Waals surface area contributed by atoms with Gasteiger partial charge >= 0.3 is 0 Å². The predicted molar refractivity (Wildman–Crippen MR) is 67.1 cm³/mol. The maximum atomic E-state index is 11.8. The summed E-state index contributed by atoms with van der Waals surface area (Å²) in [4.78, 5) is 11.8. The SMILES string of the molecule is Cn1cc(C(=O)NCC2CCCC(Cl)C2)cn1. The molecule has 1 N–H and O–H groups in total. The fourth-order valence-electron chi connectivity index (χ4n) is 2.29. The molecule has 2 rings (SSSR count). The molecule has 5 heteroatoms. The van der Waals surface area contributed by atoms with E-state index in [0.717, 1.165) is 25.8 Å². The normalized spacial score (nSPS) is 24.6. The molecule has 2 unspecified atom stereocenters. The van der Waals surface area contributed by atoms with Gasteiger partial charge in [0.05, 0.1) is 11.8 Å². The highest BCUT2D eigenvalue weighted by Crippen LogP contribution is 2.27. The molecule has 17 heavy (non-hydrogen) atoms. The van der Waals surface area contributed by atoms with Crippen LogP contribution in [0.15, 0.2) is 12.4 Å². The Morgan fingerprint density at radius 1 is 1.65 bits per heavy atom. The number of carbonyl (C=O) groups is 1. The highest BCUT2D eigenvalue weighted by molar-refractivity contribution is 6.20. The summed E-state index contributed by atoms with van der Waals surface area (Å²) in [5, 5.41) is 7.21. The Morgan fingerprint density at radius 3 is 3.12 bits per heavy atom. The fourth-order valence-corrected chi connectivity index (χ4v) is 2.69. The van der Waals surface area contributed by atoms with Crippen LogP contribution in [0, 0.1) is 5.92 Å².